The zero-order chi connectivity index (χ0) is 32.1. The van der Waals surface area contributed by atoms with Gasteiger partial charge in [-0.15, -0.1) is 0 Å². The van der Waals surface area contributed by atoms with Crippen LogP contribution in [0.5, 0.6) is 12.0 Å². The van der Waals surface area contributed by atoms with Crippen molar-refractivity contribution in [3.8, 4) is 12.0 Å². The smallest absolute Gasteiger partial charge is 0.320 e. The molecule has 13 heteroatoms. The molecule has 44 heavy (non-hydrogen) atoms. The molecule has 2 aromatic heterocycles. The van der Waals surface area contributed by atoms with Crippen LogP contribution in [0.2, 0.25) is 0 Å². The number of nitrogen functional groups attached to an aromatic ring is 1. The lowest BCUT2D eigenvalue weighted by Crippen LogP contribution is -2.34. The zero-order valence-electron chi connectivity index (χ0n) is 26.6. The van der Waals surface area contributed by atoms with Crippen molar-refractivity contribution in [1.82, 2.24) is 35.1 Å². The van der Waals surface area contributed by atoms with E-state index in [0.717, 1.165) is 47.7 Å². The number of carbonyl (C=O) groups excluding carboxylic acids is 1. The SMILES string of the molecule is C=C(NC(CC)CC)C(CSCCN(C)C)CC(=O)NCc1ccc(Cn2c(O)nc3c(N)nc(OCCOC)nc32)cc1. The van der Waals surface area contributed by atoms with Crippen molar-refractivity contribution >= 4 is 34.7 Å². The van der Waals surface area contributed by atoms with Crippen molar-refractivity contribution in [1.29, 1.82) is 0 Å². The number of benzene rings is 1. The number of anilines is 1. The number of carbonyl (C=O) groups is 1. The Morgan fingerprint density at radius 1 is 1.14 bits per heavy atom. The van der Waals surface area contributed by atoms with E-state index >= 15 is 0 Å². The van der Waals surface area contributed by atoms with Crippen LogP contribution in [0, 0.1) is 5.92 Å². The Morgan fingerprint density at radius 3 is 2.50 bits per heavy atom. The van der Waals surface area contributed by atoms with Gasteiger partial charge in [0.05, 0.1) is 13.2 Å². The minimum absolute atomic E-state index is 0.00427. The summed E-state index contributed by atoms with van der Waals surface area (Å²) < 4.78 is 12.1. The summed E-state index contributed by atoms with van der Waals surface area (Å²) in [6.45, 7) is 11.0. The van der Waals surface area contributed by atoms with Gasteiger partial charge in [0.25, 0.3) is 6.01 Å². The van der Waals surface area contributed by atoms with Gasteiger partial charge in [-0.05, 0) is 38.1 Å². The molecule has 12 nitrogen and oxygen atoms in total. The number of rotatable bonds is 20. The van der Waals surface area contributed by atoms with E-state index in [2.05, 4.69) is 65.0 Å². The number of hydrogen-bond donors (Lipinski definition) is 4. The summed E-state index contributed by atoms with van der Waals surface area (Å²) in [4.78, 5) is 27.8. The molecule has 1 aromatic carbocycles. The van der Waals surface area contributed by atoms with E-state index in [1.807, 2.05) is 36.0 Å². The molecule has 3 aromatic rings. The molecule has 0 saturated heterocycles. The molecule has 0 fully saturated rings. The number of nitrogens with two attached hydrogens (primary N) is 1. The van der Waals surface area contributed by atoms with Crippen LogP contribution in [0.15, 0.2) is 36.5 Å². The summed E-state index contributed by atoms with van der Waals surface area (Å²) in [6, 6.07) is 8.02. The number of nitrogens with one attached hydrogen (secondary N) is 2. The number of nitrogens with zero attached hydrogens (tertiary/aromatic N) is 5. The van der Waals surface area contributed by atoms with Crippen LogP contribution in [0.25, 0.3) is 11.2 Å². The molecule has 0 aliphatic heterocycles. The quantitative estimate of drug-likeness (QED) is 0.136. The minimum atomic E-state index is -0.221. The maximum atomic E-state index is 13.0. The highest BCUT2D eigenvalue weighted by molar-refractivity contribution is 7.99. The maximum Gasteiger partial charge on any atom is 0.320 e. The minimum Gasteiger partial charge on any atom is -0.480 e. The molecule has 242 valence electrons. The number of methoxy groups -OCH3 is 1. The van der Waals surface area contributed by atoms with E-state index in [-0.39, 0.29) is 36.3 Å². The van der Waals surface area contributed by atoms with Crippen molar-refractivity contribution in [3.63, 3.8) is 0 Å². The molecular weight excluding hydrogens is 580 g/mol. The highest BCUT2D eigenvalue weighted by atomic mass is 32.2. The number of imidazole rings is 1. The first-order chi connectivity index (χ1) is 21.1. The largest absolute Gasteiger partial charge is 0.480 e. The molecule has 0 spiro atoms. The topological polar surface area (TPSA) is 153 Å². The van der Waals surface area contributed by atoms with E-state index in [9.17, 15) is 9.90 Å². The zero-order valence-corrected chi connectivity index (χ0v) is 27.5. The van der Waals surface area contributed by atoms with E-state index in [4.69, 9.17) is 15.2 Å². The third-order valence-electron chi connectivity index (χ3n) is 7.25. The van der Waals surface area contributed by atoms with Crippen molar-refractivity contribution < 1.29 is 19.4 Å². The lowest BCUT2D eigenvalue weighted by molar-refractivity contribution is -0.121. The Labute approximate surface area is 264 Å². The van der Waals surface area contributed by atoms with E-state index in [1.165, 1.54) is 0 Å². The number of allylic oxidation sites excluding steroid dienone is 1. The standard InChI is InChI=1S/C31H48N8O4S/c1-7-25(8-2)34-21(3)24(20-44-16-13-38(4)5)17-26(40)33-18-22-9-11-23(12-10-22)19-39-29-27(35-31(39)41)28(32)36-30(37-29)43-15-14-42-6/h9-12,24-25,34H,3,7-8,13-20H2,1-2,4-6H3,(H,33,40)(H,35,41)(H2,32,36,37). The van der Waals surface area contributed by atoms with Crippen LogP contribution in [0.1, 0.15) is 44.2 Å². The van der Waals surface area contributed by atoms with Gasteiger partial charge >= 0.3 is 6.01 Å². The van der Waals surface area contributed by atoms with Crippen LogP contribution < -0.4 is 21.1 Å². The monoisotopic (exact) mass is 628 g/mol. The second-order valence-electron chi connectivity index (χ2n) is 11.0. The summed E-state index contributed by atoms with van der Waals surface area (Å²) in [5.41, 5.74) is 9.52. The molecule has 3 rings (SSSR count). The van der Waals surface area contributed by atoms with Crippen molar-refractivity contribution in [2.45, 2.75) is 52.2 Å². The number of amides is 1. The van der Waals surface area contributed by atoms with Gasteiger partial charge in [0, 0.05) is 55.8 Å². The van der Waals surface area contributed by atoms with E-state index < -0.39 is 0 Å². The summed E-state index contributed by atoms with van der Waals surface area (Å²) in [6.07, 6.45) is 2.41. The Bertz CT molecular complexity index is 1340. The van der Waals surface area contributed by atoms with Crippen molar-refractivity contribution in [3.05, 3.63) is 47.7 Å². The lowest BCUT2D eigenvalue weighted by atomic mass is 10.0. The van der Waals surface area contributed by atoms with Crippen LogP contribution in [-0.2, 0) is 22.6 Å². The number of hydrogen-bond acceptors (Lipinski definition) is 11. The number of fused-ring (bicyclic) bond motifs is 1. The summed E-state index contributed by atoms with van der Waals surface area (Å²) in [7, 11) is 5.71. The fourth-order valence-corrected chi connectivity index (χ4v) is 5.75. The predicted octanol–water partition coefficient (Wildman–Crippen LogP) is 3.40. The molecule has 5 N–H and O–H groups in total. The summed E-state index contributed by atoms with van der Waals surface area (Å²) >= 11 is 1.85. The predicted molar refractivity (Wildman–Crippen MR) is 177 cm³/mol. The van der Waals surface area contributed by atoms with Crippen LogP contribution in [0.4, 0.5) is 5.82 Å². The average molecular weight is 629 g/mol. The second-order valence-corrected chi connectivity index (χ2v) is 12.1. The number of aromatic nitrogens is 4. The fraction of sp³-hybridized carbons (Fsp3) is 0.548. The van der Waals surface area contributed by atoms with Gasteiger partial charge in [0.2, 0.25) is 5.91 Å². The van der Waals surface area contributed by atoms with Crippen LogP contribution in [-0.4, -0.2) is 93.9 Å². The Kier molecular flexibility index (Phi) is 14.0. The summed E-state index contributed by atoms with van der Waals surface area (Å²) in [5.74, 6) is 2.01. The number of thioether (sulfide) groups is 1. The van der Waals surface area contributed by atoms with Gasteiger partial charge < -0.3 is 35.8 Å². The molecule has 0 aliphatic carbocycles. The van der Waals surface area contributed by atoms with Gasteiger partial charge in [-0.25, -0.2) is 0 Å². The average Bonchev–Trinajstić information content (AvgIpc) is 3.31. The van der Waals surface area contributed by atoms with E-state index in [1.54, 1.807) is 11.7 Å². The Morgan fingerprint density at radius 2 is 1.84 bits per heavy atom. The van der Waals surface area contributed by atoms with Gasteiger partial charge in [-0.2, -0.15) is 26.7 Å². The fourth-order valence-electron chi connectivity index (χ4n) is 4.49. The molecule has 0 bridgehead atoms. The highest BCUT2D eigenvalue weighted by Gasteiger charge is 2.20. The van der Waals surface area contributed by atoms with Gasteiger partial charge in [-0.3, -0.25) is 9.36 Å². The molecule has 0 radical (unpaired) electrons. The van der Waals surface area contributed by atoms with E-state index in [0.29, 0.717) is 43.3 Å². The maximum absolute atomic E-state index is 13.0. The Hall–Kier alpha value is -3.55. The van der Waals surface area contributed by atoms with Crippen molar-refractivity contribution in [2.75, 3.05) is 58.2 Å². The second kappa shape index (κ2) is 17.7. The van der Waals surface area contributed by atoms with Crippen LogP contribution >= 0.6 is 11.8 Å². The normalized spacial score (nSPS) is 12.2. The van der Waals surface area contributed by atoms with Gasteiger partial charge in [-0.1, -0.05) is 44.7 Å². The molecule has 1 amide bonds. The third-order valence-corrected chi connectivity index (χ3v) is 8.36. The highest BCUT2D eigenvalue weighted by Crippen LogP contribution is 2.26. The first-order valence-corrected chi connectivity index (χ1v) is 16.2. The van der Waals surface area contributed by atoms with Crippen LogP contribution in [0.3, 0.4) is 0 Å². The molecule has 1 unspecified atom stereocenters. The van der Waals surface area contributed by atoms with Gasteiger partial charge in [0.1, 0.15) is 6.61 Å². The van der Waals surface area contributed by atoms with Crippen molar-refractivity contribution in [2.24, 2.45) is 5.92 Å². The molecule has 2 heterocycles. The number of ether oxygens (including phenoxy) is 2. The number of aromatic hydroxyl groups is 1. The van der Waals surface area contributed by atoms with Gasteiger partial charge in [0.15, 0.2) is 17.0 Å². The molecule has 0 saturated carbocycles. The molecule has 0 aliphatic rings. The Balaban J connectivity index is 1.60. The summed E-state index contributed by atoms with van der Waals surface area (Å²) in [5, 5.41) is 17.1. The molecular formula is C31H48N8O4S. The first-order valence-electron chi connectivity index (χ1n) is 15.0. The molecule has 1 atom stereocenters. The lowest BCUT2D eigenvalue weighted by Gasteiger charge is -2.25. The third kappa shape index (κ3) is 10.6. The first kappa shape index (κ1) is 34.9.